The van der Waals surface area contributed by atoms with Gasteiger partial charge >= 0.3 is 0 Å². The maximum Gasteiger partial charge on any atom is 0.246 e. The fraction of sp³-hybridized carbons (Fsp3) is 0.321. The predicted octanol–water partition coefficient (Wildman–Crippen LogP) is 4.56. The summed E-state index contributed by atoms with van der Waals surface area (Å²) in [4.78, 5) is 23.5. The van der Waals surface area contributed by atoms with Crippen LogP contribution in [0.1, 0.15) is 19.3 Å². The lowest BCUT2D eigenvalue weighted by molar-refractivity contribution is -0.116. The van der Waals surface area contributed by atoms with E-state index in [1.54, 1.807) is 19.4 Å². The number of carbonyl (C=O) groups is 1. The molecule has 2 aromatic carbocycles. The van der Waals surface area contributed by atoms with Crippen LogP contribution in [-0.2, 0) is 11.3 Å². The zero-order valence-electron chi connectivity index (χ0n) is 22.1. The van der Waals surface area contributed by atoms with E-state index in [1.165, 1.54) is 35.8 Å². The number of anilines is 3. The molecule has 1 fully saturated rings. The van der Waals surface area contributed by atoms with Gasteiger partial charge in [-0.2, -0.15) is 5.10 Å². The number of amides is 1. The fourth-order valence-corrected chi connectivity index (χ4v) is 4.70. The average molecular weight is 551 g/mol. The molecular weight excluding hydrogens is 520 g/mol. The van der Waals surface area contributed by atoms with Crippen molar-refractivity contribution in [2.75, 3.05) is 37.4 Å². The van der Waals surface area contributed by atoms with Gasteiger partial charge in [-0.15, -0.1) is 0 Å². The molecule has 10 nitrogen and oxygen atoms in total. The largest absolute Gasteiger partial charge is 0.496 e. The number of hydrogen-bond donors (Lipinski definition) is 2. The third-order valence-electron chi connectivity index (χ3n) is 6.68. The summed E-state index contributed by atoms with van der Waals surface area (Å²) in [6.45, 7) is 6.58. The van der Waals surface area contributed by atoms with E-state index in [2.05, 4.69) is 37.5 Å². The van der Waals surface area contributed by atoms with E-state index in [4.69, 9.17) is 9.47 Å². The number of likely N-dealkylation sites (tertiary alicyclic amines) is 1. The molecule has 2 aromatic heterocycles. The zero-order valence-corrected chi connectivity index (χ0v) is 22.1. The maximum absolute atomic E-state index is 13.9. The SMILES string of the molecule is [CH2][C@@H]1CCCN1CCCOc1cc(OC)c2c(Nc3cnn(CC(=O)Nc4cccc(F)c4F)c3)ncnc2c1. The molecule has 5 rings (SSSR count). The van der Waals surface area contributed by atoms with Crippen molar-refractivity contribution >= 4 is 34.0 Å². The highest BCUT2D eigenvalue weighted by atomic mass is 19.2. The molecule has 1 saturated heterocycles. The molecule has 1 aliphatic rings. The Labute approximate surface area is 230 Å². The normalized spacial score (nSPS) is 15.3. The van der Waals surface area contributed by atoms with Crippen molar-refractivity contribution in [1.29, 1.82) is 0 Å². The van der Waals surface area contributed by atoms with E-state index in [0.29, 0.717) is 46.6 Å². The summed E-state index contributed by atoms with van der Waals surface area (Å²) in [5.41, 5.74) is 0.947. The van der Waals surface area contributed by atoms with Crippen LogP contribution < -0.4 is 20.1 Å². The smallest absolute Gasteiger partial charge is 0.246 e. The lowest BCUT2D eigenvalue weighted by Gasteiger charge is -2.20. The van der Waals surface area contributed by atoms with E-state index in [9.17, 15) is 13.6 Å². The van der Waals surface area contributed by atoms with Crippen LogP contribution in [-0.4, -0.2) is 63.4 Å². The van der Waals surface area contributed by atoms with Crippen LogP contribution in [0.2, 0.25) is 0 Å². The van der Waals surface area contributed by atoms with Gasteiger partial charge in [-0.3, -0.25) is 9.48 Å². The van der Waals surface area contributed by atoms with Gasteiger partial charge in [0.25, 0.3) is 0 Å². The number of benzene rings is 2. The summed E-state index contributed by atoms with van der Waals surface area (Å²) in [5.74, 6) is -1.06. The Bertz CT molecular complexity index is 1500. The van der Waals surface area contributed by atoms with Gasteiger partial charge in [0.05, 0.1) is 42.2 Å². The number of ether oxygens (including phenoxy) is 2. The molecule has 1 amide bonds. The minimum Gasteiger partial charge on any atom is -0.496 e. The van der Waals surface area contributed by atoms with Crippen LogP contribution in [0.5, 0.6) is 11.5 Å². The van der Waals surface area contributed by atoms with E-state index in [-0.39, 0.29) is 12.2 Å². The third-order valence-corrected chi connectivity index (χ3v) is 6.68. The molecule has 12 heteroatoms. The fourth-order valence-electron chi connectivity index (χ4n) is 4.70. The Morgan fingerprint density at radius 2 is 2.12 bits per heavy atom. The summed E-state index contributed by atoms with van der Waals surface area (Å²) in [6, 6.07) is 7.60. The predicted molar refractivity (Wildman–Crippen MR) is 147 cm³/mol. The summed E-state index contributed by atoms with van der Waals surface area (Å²) >= 11 is 0. The number of rotatable bonds is 11. The van der Waals surface area contributed by atoms with Crippen molar-refractivity contribution in [3.05, 3.63) is 67.6 Å². The second-order valence-electron chi connectivity index (χ2n) is 9.48. The highest BCUT2D eigenvalue weighted by Gasteiger charge is 2.19. The molecule has 0 aliphatic carbocycles. The topological polar surface area (TPSA) is 106 Å². The minimum atomic E-state index is -1.12. The molecule has 0 saturated carbocycles. The van der Waals surface area contributed by atoms with Gasteiger partial charge in [0.2, 0.25) is 5.91 Å². The van der Waals surface area contributed by atoms with Crippen LogP contribution in [0.3, 0.4) is 0 Å². The van der Waals surface area contributed by atoms with Gasteiger partial charge in [-0.25, -0.2) is 18.7 Å². The zero-order chi connectivity index (χ0) is 28.1. The summed E-state index contributed by atoms with van der Waals surface area (Å²) in [7, 11) is 1.56. The minimum absolute atomic E-state index is 0.209. The molecule has 0 spiro atoms. The molecule has 40 heavy (non-hydrogen) atoms. The molecule has 1 atom stereocenters. The van der Waals surface area contributed by atoms with Crippen molar-refractivity contribution < 1.29 is 23.0 Å². The van der Waals surface area contributed by atoms with Crippen LogP contribution in [0.4, 0.5) is 26.0 Å². The van der Waals surface area contributed by atoms with Gasteiger partial charge in [-0.05, 0) is 44.9 Å². The average Bonchev–Trinajstić information content (AvgIpc) is 3.56. The van der Waals surface area contributed by atoms with Gasteiger partial charge in [-0.1, -0.05) is 6.07 Å². The van der Waals surface area contributed by atoms with Crippen molar-refractivity contribution in [2.24, 2.45) is 0 Å². The Hall–Kier alpha value is -4.32. The number of fused-ring (bicyclic) bond motifs is 1. The standard InChI is InChI=1S/C28H30F2N7O3/c1-18-6-4-9-36(18)10-5-11-40-20-12-23-26(24(13-20)39-2)28(32-17-31-23)34-19-14-33-37(15-19)16-25(38)35-22-8-3-7-21(29)27(22)30/h3,7-8,12-15,17-18H,1,4-6,9-11,16H2,2H3,(H,35,38)(H,31,32,34)/t18-/m1/s1. The lowest BCUT2D eigenvalue weighted by atomic mass is 10.2. The second-order valence-corrected chi connectivity index (χ2v) is 9.48. The summed E-state index contributed by atoms with van der Waals surface area (Å²) < 4.78 is 40.3. The van der Waals surface area contributed by atoms with Crippen molar-refractivity contribution in [3.8, 4) is 11.5 Å². The molecule has 4 aromatic rings. The summed E-state index contributed by atoms with van der Waals surface area (Å²) in [5, 5.41) is 10.4. The first-order chi connectivity index (χ1) is 19.4. The number of nitrogens with one attached hydrogen (secondary N) is 2. The highest BCUT2D eigenvalue weighted by molar-refractivity contribution is 5.96. The van der Waals surface area contributed by atoms with E-state index in [0.717, 1.165) is 32.0 Å². The van der Waals surface area contributed by atoms with Crippen LogP contribution >= 0.6 is 0 Å². The van der Waals surface area contributed by atoms with E-state index < -0.39 is 17.5 Å². The molecule has 0 bridgehead atoms. The van der Waals surface area contributed by atoms with Gasteiger partial charge in [0.15, 0.2) is 11.6 Å². The van der Waals surface area contributed by atoms with Crippen molar-refractivity contribution in [1.82, 2.24) is 24.6 Å². The van der Waals surface area contributed by atoms with E-state index >= 15 is 0 Å². The van der Waals surface area contributed by atoms with Crippen molar-refractivity contribution in [2.45, 2.75) is 31.8 Å². The number of aromatic nitrogens is 4. The number of carbonyl (C=O) groups excluding carboxylic acids is 1. The number of hydrogen-bond acceptors (Lipinski definition) is 8. The molecular formula is C28H30F2N7O3. The monoisotopic (exact) mass is 550 g/mol. The number of methoxy groups -OCH3 is 1. The first-order valence-corrected chi connectivity index (χ1v) is 13.0. The number of nitrogens with zero attached hydrogens (tertiary/aromatic N) is 5. The lowest BCUT2D eigenvalue weighted by Crippen LogP contribution is -2.28. The quantitative estimate of drug-likeness (QED) is 0.262. The molecule has 2 N–H and O–H groups in total. The first-order valence-electron chi connectivity index (χ1n) is 13.0. The molecule has 3 heterocycles. The highest BCUT2D eigenvalue weighted by Crippen LogP contribution is 2.35. The Balaban J connectivity index is 1.23. The summed E-state index contributed by atoms with van der Waals surface area (Å²) in [6.07, 6.45) is 7.78. The van der Waals surface area contributed by atoms with Gasteiger partial charge < -0.3 is 25.0 Å². The molecule has 209 valence electrons. The maximum atomic E-state index is 13.9. The van der Waals surface area contributed by atoms with Crippen LogP contribution in [0.15, 0.2) is 49.1 Å². The number of halogens is 2. The van der Waals surface area contributed by atoms with Crippen molar-refractivity contribution in [3.63, 3.8) is 0 Å². The van der Waals surface area contributed by atoms with Crippen LogP contribution in [0.25, 0.3) is 10.9 Å². The first kappa shape index (κ1) is 27.3. The third kappa shape index (κ3) is 6.28. The Kier molecular flexibility index (Phi) is 8.34. The van der Waals surface area contributed by atoms with Gasteiger partial charge in [0.1, 0.15) is 30.2 Å². The van der Waals surface area contributed by atoms with E-state index in [1.807, 2.05) is 6.07 Å². The molecule has 0 unspecified atom stereocenters. The Morgan fingerprint density at radius 1 is 1.25 bits per heavy atom. The van der Waals surface area contributed by atoms with Crippen LogP contribution in [0, 0.1) is 18.6 Å². The second kappa shape index (κ2) is 12.2. The Morgan fingerprint density at radius 3 is 2.92 bits per heavy atom. The molecule has 1 aliphatic heterocycles. The van der Waals surface area contributed by atoms with Gasteiger partial charge in [0, 0.05) is 30.9 Å². The molecule has 1 radical (unpaired) electrons.